The summed E-state index contributed by atoms with van der Waals surface area (Å²) < 4.78 is 0. The third kappa shape index (κ3) is 3.83. The van der Waals surface area contributed by atoms with Crippen LogP contribution in [0, 0.1) is 0 Å². The Balaban J connectivity index is 2.13. The lowest BCUT2D eigenvalue weighted by Crippen LogP contribution is -2.41. The van der Waals surface area contributed by atoms with Crippen molar-refractivity contribution in [2.75, 3.05) is 13.1 Å². The van der Waals surface area contributed by atoms with E-state index in [2.05, 4.69) is 37.5 Å². The molecule has 2 N–H and O–H groups in total. The number of carbonyl (C=O) groups excluding carboxylic acids is 1. The van der Waals surface area contributed by atoms with Crippen molar-refractivity contribution in [2.24, 2.45) is 0 Å². The summed E-state index contributed by atoms with van der Waals surface area (Å²) in [5.74, 6) is 0.0595. The molecule has 0 bridgehead atoms. The maximum absolute atomic E-state index is 12.6. The van der Waals surface area contributed by atoms with E-state index in [1.807, 2.05) is 18.2 Å². The highest BCUT2D eigenvalue weighted by molar-refractivity contribution is 5.96. The summed E-state index contributed by atoms with van der Waals surface area (Å²) in [6, 6.07) is 8.18. The van der Waals surface area contributed by atoms with Gasteiger partial charge in [0.15, 0.2) is 0 Å². The number of carbonyl (C=O) groups is 1. The maximum Gasteiger partial charge on any atom is 0.251 e. The van der Waals surface area contributed by atoms with Crippen molar-refractivity contribution >= 4 is 5.91 Å². The molecule has 1 aliphatic rings. The molecule has 0 spiro atoms. The first-order valence-electron chi connectivity index (χ1n) is 7.59. The molecule has 1 unspecified atom stereocenters. The molecule has 2 rings (SSSR count). The zero-order valence-corrected chi connectivity index (χ0v) is 12.8. The summed E-state index contributed by atoms with van der Waals surface area (Å²) in [6.45, 7) is 8.37. The number of hydrogen-bond donors (Lipinski definition) is 2. The third-order valence-electron chi connectivity index (χ3n) is 3.86. The van der Waals surface area contributed by atoms with Gasteiger partial charge in [0, 0.05) is 18.2 Å². The van der Waals surface area contributed by atoms with Crippen LogP contribution < -0.4 is 10.6 Å². The van der Waals surface area contributed by atoms with Crippen molar-refractivity contribution in [3.63, 3.8) is 0 Å². The average molecular weight is 274 g/mol. The van der Waals surface area contributed by atoms with E-state index in [1.165, 1.54) is 12.8 Å². The largest absolute Gasteiger partial charge is 0.348 e. The molecule has 1 atom stereocenters. The van der Waals surface area contributed by atoms with E-state index in [4.69, 9.17) is 0 Å². The lowest BCUT2D eigenvalue weighted by Gasteiger charge is -2.24. The van der Waals surface area contributed by atoms with Crippen LogP contribution in [0.25, 0.3) is 0 Å². The van der Waals surface area contributed by atoms with Gasteiger partial charge in [0.05, 0.1) is 0 Å². The highest BCUT2D eigenvalue weighted by Crippen LogP contribution is 2.25. The van der Waals surface area contributed by atoms with Crippen LogP contribution in [0.15, 0.2) is 24.3 Å². The van der Waals surface area contributed by atoms with Gasteiger partial charge < -0.3 is 10.6 Å². The minimum Gasteiger partial charge on any atom is -0.348 e. The predicted octanol–water partition coefficient (Wildman–Crippen LogP) is 2.86. The minimum atomic E-state index is -0.0182. The summed E-state index contributed by atoms with van der Waals surface area (Å²) in [4.78, 5) is 12.6. The van der Waals surface area contributed by atoms with Gasteiger partial charge in [0.25, 0.3) is 5.91 Å². The molecule has 1 aliphatic heterocycles. The normalized spacial score (nSPS) is 20.2. The molecule has 3 nitrogen and oxygen atoms in total. The minimum absolute atomic E-state index is 0.0182. The number of benzene rings is 1. The zero-order chi connectivity index (χ0) is 14.6. The second kappa shape index (κ2) is 6.40. The fraction of sp³-hybridized carbons (Fsp3) is 0.588. The van der Waals surface area contributed by atoms with Crippen LogP contribution in [0.2, 0.25) is 0 Å². The summed E-state index contributed by atoms with van der Waals surface area (Å²) in [6.07, 6.45) is 3.44. The zero-order valence-electron chi connectivity index (χ0n) is 12.8. The Hall–Kier alpha value is -1.35. The van der Waals surface area contributed by atoms with Gasteiger partial charge >= 0.3 is 0 Å². The van der Waals surface area contributed by atoms with Gasteiger partial charge in [-0.25, -0.2) is 0 Å². The lowest BCUT2D eigenvalue weighted by atomic mass is 9.83. The number of amides is 1. The summed E-state index contributed by atoms with van der Waals surface area (Å²) in [5.41, 5.74) is 1.90. The van der Waals surface area contributed by atoms with Gasteiger partial charge in [0.2, 0.25) is 0 Å². The average Bonchev–Trinajstić information content (AvgIpc) is 2.66. The van der Waals surface area contributed by atoms with Gasteiger partial charge in [-0.3, -0.25) is 4.79 Å². The summed E-state index contributed by atoms with van der Waals surface area (Å²) in [7, 11) is 0. The van der Waals surface area contributed by atoms with Crippen molar-refractivity contribution in [1.82, 2.24) is 10.6 Å². The Bertz CT molecular complexity index is 454. The molecule has 20 heavy (non-hydrogen) atoms. The molecule has 1 fully saturated rings. The van der Waals surface area contributed by atoms with Crippen LogP contribution in [0.1, 0.15) is 56.0 Å². The first-order valence-corrected chi connectivity index (χ1v) is 7.59. The van der Waals surface area contributed by atoms with Crippen LogP contribution in [-0.4, -0.2) is 25.0 Å². The number of nitrogens with one attached hydrogen (secondary N) is 2. The number of rotatable bonds is 2. The van der Waals surface area contributed by atoms with Crippen LogP contribution >= 0.6 is 0 Å². The third-order valence-corrected chi connectivity index (χ3v) is 3.86. The Labute approximate surface area is 122 Å². The molecule has 1 saturated heterocycles. The SMILES string of the molecule is CC(C)(C)c1ccccc1C(=O)NC1CCCCNC1. The van der Waals surface area contributed by atoms with Gasteiger partial charge in [0.1, 0.15) is 0 Å². The van der Waals surface area contributed by atoms with Crippen LogP contribution in [0.4, 0.5) is 0 Å². The first-order chi connectivity index (χ1) is 9.48. The smallest absolute Gasteiger partial charge is 0.251 e. The van der Waals surface area contributed by atoms with Crippen molar-refractivity contribution < 1.29 is 4.79 Å². The maximum atomic E-state index is 12.6. The second-order valence-corrected chi connectivity index (χ2v) is 6.67. The van der Waals surface area contributed by atoms with E-state index >= 15 is 0 Å². The van der Waals surface area contributed by atoms with E-state index in [-0.39, 0.29) is 17.4 Å². The van der Waals surface area contributed by atoms with Crippen LogP contribution in [0.5, 0.6) is 0 Å². The highest BCUT2D eigenvalue weighted by Gasteiger charge is 2.22. The Kier molecular flexibility index (Phi) is 4.81. The van der Waals surface area contributed by atoms with Crippen molar-refractivity contribution in [3.8, 4) is 0 Å². The quantitative estimate of drug-likeness (QED) is 0.870. The summed E-state index contributed by atoms with van der Waals surface area (Å²) in [5, 5.41) is 6.57. The van der Waals surface area contributed by atoms with Gasteiger partial charge in [-0.05, 0) is 36.4 Å². The molecule has 0 aromatic heterocycles. The topological polar surface area (TPSA) is 41.1 Å². The van der Waals surface area contributed by atoms with E-state index in [1.54, 1.807) is 0 Å². The predicted molar refractivity (Wildman–Crippen MR) is 83.1 cm³/mol. The first kappa shape index (κ1) is 15.0. The van der Waals surface area contributed by atoms with Gasteiger partial charge in [-0.1, -0.05) is 45.4 Å². The van der Waals surface area contributed by atoms with Crippen LogP contribution in [0.3, 0.4) is 0 Å². The monoisotopic (exact) mass is 274 g/mol. The molecule has 0 saturated carbocycles. The molecular weight excluding hydrogens is 248 g/mol. The molecule has 1 heterocycles. The molecular formula is C17H26N2O. The Morgan fingerprint density at radius 2 is 2.00 bits per heavy atom. The van der Waals surface area contributed by atoms with Crippen molar-refractivity contribution in [1.29, 1.82) is 0 Å². The van der Waals surface area contributed by atoms with Crippen LogP contribution in [-0.2, 0) is 5.41 Å². The Morgan fingerprint density at radius 3 is 2.75 bits per heavy atom. The summed E-state index contributed by atoms with van der Waals surface area (Å²) >= 11 is 0. The second-order valence-electron chi connectivity index (χ2n) is 6.67. The standard InChI is InChI=1S/C17H26N2O/c1-17(2,3)15-10-5-4-9-14(15)16(20)19-13-8-6-7-11-18-12-13/h4-5,9-10,13,18H,6-8,11-12H2,1-3H3,(H,19,20). The van der Waals surface area contributed by atoms with Gasteiger partial charge in [-0.15, -0.1) is 0 Å². The molecule has 0 radical (unpaired) electrons. The van der Waals surface area contributed by atoms with Crippen molar-refractivity contribution in [2.45, 2.75) is 51.5 Å². The van der Waals surface area contributed by atoms with E-state index < -0.39 is 0 Å². The molecule has 3 heteroatoms. The molecule has 1 amide bonds. The van der Waals surface area contributed by atoms with E-state index in [0.29, 0.717) is 0 Å². The highest BCUT2D eigenvalue weighted by atomic mass is 16.1. The lowest BCUT2D eigenvalue weighted by molar-refractivity contribution is 0.0933. The number of hydrogen-bond acceptors (Lipinski definition) is 2. The molecule has 0 aliphatic carbocycles. The fourth-order valence-corrected chi connectivity index (χ4v) is 2.74. The molecule has 1 aromatic carbocycles. The van der Waals surface area contributed by atoms with E-state index in [0.717, 1.165) is 30.6 Å². The Morgan fingerprint density at radius 1 is 1.25 bits per heavy atom. The van der Waals surface area contributed by atoms with Gasteiger partial charge in [-0.2, -0.15) is 0 Å². The van der Waals surface area contributed by atoms with Crippen molar-refractivity contribution in [3.05, 3.63) is 35.4 Å². The fourth-order valence-electron chi connectivity index (χ4n) is 2.74. The van der Waals surface area contributed by atoms with E-state index in [9.17, 15) is 4.79 Å². The molecule has 1 aromatic rings. The molecule has 110 valence electrons.